The molecule has 0 heterocycles. The minimum Gasteiger partial charge on any atom is -0.393 e. The Hall–Kier alpha value is 0.690. The Morgan fingerprint density at radius 1 is 1.33 bits per heavy atom. The quantitative estimate of drug-likeness (QED) is 0.503. The predicted octanol–water partition coefficient (Wildman–Crippen LogP) is 1.72. The summed E-state index contributed by atoms with van der Waals surface area (Å²) in [4.78, 5) is 0. The molecule has 3 atom stereocenters. The molecule has 0 radical (unpaired) electrons. The highest BCUT2D eigenvalue weighted by Gasteiger charge is 2.55. The van der Waals surface area contributed by atoms with Crippen molar-refractivity contribution < 1.29 is 5.11 Å². The third-order valence-corrected chi connectivity index (χ3v) is 4.90. The number of hydrogen-bond donors (Lipinski definition) is 1. The molecule has 2 saturated carbocycles. The maximum atomic E-state index is 9.38. The van der Waals surface area contributed by atoms with Gasteiger partial charge in [0.15, 0.2) is 0 Å². The van der Waals surface area contributed by atoms with Crippen LogP contribution in [0.15, 0.2) is 0 Å². The van der Waals surface area contributed by atoms with Crippen molar-refractivity contribution in [2.75, 3.05) is 0 Å². The molecule has 0 saturated heterocycles. The Morgan fingerprint density at radius 3 is 2.00 bits per heavy atom. The van der Waals surface area contributed by atoms with Crippen LogP contribution in [0.2, 0.25) is 0 Å². The summed E-state index contributed by atoms with van der Waals surface area (Å²) >= 11 is 2.48. The molecule has 2 fully saturated rings. The highest BCUT2D eigenvalue weighted by atomic mass is 127. The molecule has 2 heteroatoms. The summed E-state index contributed by atoms with van der Waals surface area (Å²) in [5.41, 5.74) is 0.403. The van der Waals surface area contributed by atoms with Crippen molar-refractivity contribution in [2.45, 2.75) is 35.7 Å². The van der Waals surface area contributed by atoms with Gasteiger partial charge < -0.3 is 5.11 Å². The molecule has 1 unspecified atom stereocenters. The molecule has 0 amide bonds. The summed E-state index contributed by atoms with van der Waals surface area (Å²) in [5, 5.41) is 9.38. The third kappa shape index (κ3) is 0.638. The zero-order valence-corrected chi connectivity index (χ0v) is 7.47. The van der Waals surface area contributed by atoms with Crippen LogP contribution in [0, 0.1) is 5.41 Å². The molecule has 0 aliphatic heterocycles. The van der Waals surface area contributed by atoms with Gasteiger partial charge in [0.05, 0.1) is 6.10 Å². The molecule has 0 aromatic rings. The Morgan fingerprint density at radius 2 is 2.00 bits per heavy atom. The Labute approximate surface area is 69.0 Å². The third-order valence-electron chi connectivity index (χ3n) is 3.03. The zero-order valence-electron chi connectivity index (χ0n) is 5.31. The van der Waals surface area contributed by atoms with Crippen molar-refractivity contribution in [2.24, 2.45) is 5.41 Å². The first kappa shape index (κ1) is 6.40. The van der Waals surface area contributed by atoms with E-state index in [-0.39, 0.29) is 6.10 Å². The topological polar surface area (TPSA) is 20.2 Å². The van der Waals surface area contributed by atoms with Crippen molar-refractivity contribution in [3.05, 3.63) is 0 Å². The summed E-state index contributed by atoms with van der Waals surface area (Å²) in [7, 11) is 0. The molecule has 1 spiro atoms. The molecule has 2 aliphatic rings. The van der Waals surface area contributed by atoms with Crippen molar-refractivity contribution >= 4 is 22.6 Å². The van der Waals surface area contributed by atoms with Crippen LogP contribution in [0.25, 0.3) is 0 Å². The van der Waals surface area contributed by atoms with Crippen LogP contribution in [-0.2, 0) is 0 Å². The average molecular weight is 238 g/mol. The Bertz CT molecular complexity index is 119. The standard InChI is InChI=1S/C7H11IO/c8-5-1-3-7(5)4-2-6(7)9/h5-6,9H,1-4H2/t5?,6-,7-/m0/s1. The molecule has 0 aromatic heterocycles. The van der Waals surface area contributed by atoms with Gasteiger partial charge in [0.25, 0.3) is 0 Å². The summed E-state index contributed by atoms with van der Waals surface area (Å²) < 4.78 is 0.777. The van der Waals surface area contributed by atoms with E-state index in [1.807, 2.05) is 0 Å². The monoisotopic (exact) mass is 238 g/mol. The van der Waals surface area contributed by atoms with Gasteiger partial charge >= 0.3 is 0 Å². The number of halogens is 1. The van der Waals surface area contributed by atoms with Gasteiger partial charge in [-0.15, -0.1) is 0 Å². The second-order valence-electron chi connectivity index (χ2n) is 3.29. The second-order valence-corrected chi connectivity index (χ2v) is 4.80. The first-order valence-corrected chi connectivity index (χ1v) is 4.82. The van der Waals surface area contributed by atoms with Crippen LogP contribution < -0.4 is 0 Å². The predicted molar refractivity (Wildman–Crippen MR) is 44.7 cm³/mol. The fourth-order valence-corrected chi connectivity index (χ4v) is 3.27. The van der Waals surface area contributed by atoms with Gasteiger partial charge in [-0.05, 0) is 25.7 Å². The zero-order chi connectivity index (χ0) is 6.48. The maximum Gasteiger partial charge on any atom is 0.0606 e. The average Bonchev–Trinajstić information content (AvgIpc) is 1.82. The van der Waals surface area contributed by atoms with E-state index in [1.165, 1.54) is 19.3 Å². The molecule has 9 heavy (non-hydrogen) atoms. The first-order chi connectivity index (χ1) is 4.26. The number of aliphatic hydroxyl groups excluding tert-OH is 1. The minimum absolute atomic E-state index is 0.0492. The van der Waals surface area contributed by atoms with Gasteiger partial charge in [-0.3, -0.25) is 0 Å². The molecule has 0 bridgehead atoms. The van der Waals surface area contributed by atoms with Crippen LogP contribution >= 0.6 is 22.6 Å². The van der Waals surface area contributed by atoms with Crippen LogP contribution in [0.5, 0.6) is 0 Å². The van der Waals surface area contributed by atoms with Crippen molar-refractivity contribution in [1.82, 2.24) is 0 Å². The van der Waals surface area contributed by atoms with Crippen molar-refractivity contribution in [1.29, 1.82) is 0 Å². The highest BCUT2D eigenvalue weighted by Crippen LogP contribution is 2.59. The molecule has 1 N–H and O–H groups in total. The lowest BCUT2D eigenvalue weighted by molar-refractivity contribution is -0.105. The lowest BCUT2D eigenvalue weighted by atomic mass is 9.54. The Balaban J connectivity index is 2.08. The van der Waals surface area contributed by atoms with E-state index in [9.17, 15) is 5.11 Å². The molecular weight excluding hydrogens is 227 g/mol. The maximum absolute atomic E-state index is 9.38. The molecule has 2 aliphatic carbocycles. The molecule has 52 valence electrons. The summed E-state index contributed by atoms with van der Waals surface area (Å²) in [6.45, 7) is 0. The normalized spacial score (nSPS) is 56.7. The molecule has 1 nitrogen and oxygen atoms in total. The summed E-state index contributed by atoms with van der Waals surface area (Å²) in [6, 6.07) is 0. The lowest BCUT2D eigenvalue weighted by Gasteiger charge is -2.57. The van der Waals surface area contributed by atoms with Gasteiger partial charge in [0.2, 0.25) is 0 Å². The van der Waals surface area contributed by atoms with E-state index in [4.69, 9.17) is 0 Å². The minimum atomic E-state index is 0.0492. The van der Waals surface area contributed by atoms with E-state index < -0.39 is 0 Å². The van der Waals surface area contributed by atoms with Crippen LogP contribution in [-0.4, -0.2) is 15.1 Å². The van der Waals surface area contributed by atoms with Crippen molar-refractivity contribution in [3.8, 4) is 0 Å². The first-order valence-electron chi connectivity index (χ1n) is 3.58. The number of alkyl halides is 1. The molecule has 0 aromatic carbocycles. The summed E-state index contributed by atoms with van der Waals surface area (Å²) in [6.07, 6.45) is 4.99. The van der Waals surface area contributed by atoms with Gasteiger partial charge in [0.1, 0.15) is 0 Å². The van der Waals surface area contributed by atoms with Crippen LogP contribution in [0.3, 0.4) is 0 Å². The van der Waals surface area contributed by atoms with Gasteiger partial charge in [-0.2, -0.15) is 0 Å². The molecular formula is C7H11IO. The van der Waals surface area contributed by atoms with E-state index in [2.05, 4.69) is 22.6 Å². The highest BCUT2D eigenvalue weighted by molar-refractivity contribution is 14.1. The largest absolute Gasteiger partial charge is 0.393 e. The molecule has 2 rings (SSSR count). The van der Waals surface area contributed by atoms with Crippen molar-refractivity contribution in [3.63, 3.8) is 0 Å². The van der Waals surface area contributed by atoms with Crippen LogP contribution in [0.1, 0.15) is 25.7 Å². The van der Waals surface area contributed by atoms with Crippen LogP contribution in [0.4, 0.5) is 0 Å². The SMILES string of the molecule is O[C@H]1CC[C@]12CCC2I. The number of rotatable bonds is 0. The van der Waals surface area contributed by atoms with E-state index in [0.717, 1.165) is 10.3 Å². The van der Waals surface area contributed by atoms with E-state index in [0.29, 0.717) is 5.41 Å². The number of hydrogen-bond acceptors (Lipinski definition) is 1. The number of aliphatic hydroxyl groups is 1. The van der Waals surface area contributed by atoms with Gasteiger partial charge in [0, 0.05) is 9.34 Å². The summed E-state index contributed by atoms with van der Waals surface area (Å²) in [5.74, 6) is 0. The smallest absolute Gasteiger partial charge is 0.0606 e. The fourth-order valence-electron chi connectivity index (χ4n) is 1.93. The lowest BCUT2D eigenvalue weighted by Crippen LogP contribution is -2.56. The van der Waals surface area contributed by atoms with Gasteiger partial charge in [-0.25, -0.2) is 0 Å². The van der Waals surface area contributed by atoms with E-state index in [1.54, 1.807) is 0 Å². The Kier molecular flexibility index (Phi) is 1.31. The van der Waals surface area contributed by atoms with E-state index >= 15 is 0 Å². The fraction of sp³-hybridized carbons (Fsp3) is 1.00. The second kappa shape index (κ2) is 1.84. The van der Waals surface area contributed by atoms with Gasteiger partial charge in [-0.1, -0.05) is 22.6 Å².